The van der Waals surface area contributed by atoms with Gasteiger partial charge in [0.05, 0.1) is 12.1 Å². The number of amides is 1. The molecule has 1 amide bonds. The van der Waals surface area contributed by atoms with E-state index in [4.69, 9.17) is 16.3 Å². The molecule has 1 fully saturated rings. The van der Waals surface area contributed by atoms with E-state index in [2.05, 4.69) is 14.9 Å². The highest BCUT2D eigenvalue weighted by molar-refractivity contribution is 6.28. The first-order chi connectivity index (χ1) is 10.7. The van der Waals surface area contributed by atoms with Gasteiger partial charge in [0, 0.05) is 31.6 Å². The molecule has 0 spiro atoms. The molecule has 2 heterocycles. The van der Waals surface area contributed by atoms with Crippen LogP contribution in [0.3, 0.4) is 0 Å². The molecule has 0 bridgehead atoms. The van der Waals surface area contributed by atoms with Crippen LogP contribution in [0, 0.1) is 0 Å². The number of fused-ring (bicyclic) bond motifs is 1. The summed E-state index contributed by atoms with van der Waals surface area (Å²) in [6.07, 6.45) is -0.257. The highest BCUT2D eigenvalue weighted by atomic mass is 35.5. The van der Waals surface area contributed by atoms with Crippen molar-refractivity contribution in [2.24, 2.45) is 0 Å². The average molecular weight is 321 g/mol. The van der Waals surface area contributed by atoms with Crippen molar-refractivity contribution in [2.75, 3.05) is 37.7 Å². The lowest BCUT2D eigenvalue weighted by atomic mass is 10.2. The molecule has 116 valence electrons. The third-order valence-electron chi connectivity index (χ3n) is 3.66. The third-order valence-corrected chi connectivity index (χ3v) is 3.83. The Kier molecular flexibility index (Phi) is 4.29. The average Bonchev–Trinajstić information content (AvgIpc) is 2.54. The molecule has 1 saturated heterocycles. The van der Waals surface area contributed by atoms with Gasteiger partial charge in [0.2, 0.25) is 5.28 Å². The zero-order valence-electron chi connectivity index (χ0n) is 12.3. The summed E-state index contributed by atoms with van der Waals surface area (Å²) in [6.45, 7) is 4.80. The molecule has 0 radical (unpaired) electrons. The van der Waals surface area contributed by atoms with Gasteiger partial charge in [-0.3, -0.25) is 0 Å². The van der Waals surface area contributed by atoms with Crippen LogP contribution in [-0.4, -0.2) is 53.7 Å². The molecule has 7 heteroatoms. The quantitative estimate of drug-likeness (QED) is 0.796. The number of piperazine rings is 1. The maximum atomic E-state index is 11.7. The number of ether oxygens (including phenoxy) is 1. The fourth-order valence-corrected chi connectivity index (χ4v) is 2.76. The van der Waals surface area contributed by atoms with E-state index in [-0.39, 0.29) is 11.4 Å². The number of hydrogen-bond acceptors (Lipinski definition) is 5. The summed E-state index contributed by atoms with van der Waals surface area (Å²) in [4.78, 5) is 24.2. The second kappa shape index (κ2) is 6.36. The second-order valence-corrected chi connectivity index (χ2v) is 5.34. The topological polar surface area (TPSA) is 58.6 Å². The van der Waals surface area contributed by atoms with Crippen LogP contribution in [0.2, 0.25) is 5.28 Å². The highest BCUT2D eigenvalue weighted by Crippen LogP contribution is 2.26. The van der Waals surface area contributed by atoms with Gasteiger partial charge in [0.1, 0.15) is 5.82 Å². The Bertz CT molecular complexity index is 686. The standard InChI is InChI=1S/C15H17ClN4O2/c1-2-22-15(21)20-9-7-19(8-10-20)13-11-5-3-4-6-12(11)17-14(16)18-13/h3-6H,2,7-10H2,1H3. The SMILES string of the molecule is CCOC(=O)N1CCN(c2nc(Cl)nc3ccccc23)CC1. The van der Waals surface area contributed by atoms with Crippen LogP contribution in [0.4, 0.5) is 10.6 Å². The van der Waals surface area contributed by atoms with Gasteiger partial charge in [-0.05, 0) is 30.7 Å². The summed E-state index contributed by atoms with van der Waals surface area (Å²) in [5.41, 5.74) is 0.824. The van der Waals surface area contributed by atoms with Crippen LogP contribution in [-0.2, 0) is 4.74 Å². The summed E-state index contributed by atoms with van der Waals surface area (Å²) in [5.74, 6) is 0.819. The summed E-state index contributed by atoms with van der Waals surface area (Å²) >= 11 is 6.03. The van der Waals surface area contributed by atoms with Crippen LogP contribution < -0.4 is 4.90 Å². The zero-order chi connectivity index (χ0) is 15.5. The van der Waals surface area contributed by atoms with E-state index < -0.39 is 0 Å². The van der Waals surface area contributed by atoms with Crippen molar-refractivity contribution in [1.29, 1.82) is 0 Å². The van der Waals surface area contributed by atoms with E-state index in [9.17, 15) is 4.79 Å². The molecule has 3 rings (SSSR count). The molecule has 0 aliphatic carbocycles. The number of carbonyl (C=O) groups is 1. The van der Waals surface area contributed by atoms with Crippen LogP contribution >= 0.6 is 11.6 Å². The van der Waals surface area contributed by atoms with E-state index in [0.717, 1.165) is 16.7 Å². The molecule has 22 heavy (non-hydrogen) atoms. The number of halogens is 1. The van der Waals surface area contributed by atoms with Crippen LogP contribution in [0.15, 0.2) is 24.3 Å². The van der Waals surface area contributed by atoms with Crippen LogP contribution in [0.1, 0.15) is 6.92 Å². The number of rotatable bonds is 2. The Morgan fingerprint density at radius 3 is 2.68 bits per heavy atom. The normalized spacial score (nSPS) is 15.2. The largest absolute Gasteiger partial charge is 0.450 e. The number of hydrogen-bond donors (Lipinski definition) is 0. The molecule has 2 aromatic rings. The van der Waals surface area contributed by atoms with Gasteiger partial charge < -0.3 is 14.5 Å². The molecule has 0 unspecified atom stereocenters. The first-order valence-electron chi connectivity index (χ1n) is 7.28. The first kappa shape index (κ1) is 14.8. The minimum atomic E-state index is -0.257. The van der Waals surface area contributed by atoms with E-state index >= 15 is 0 Å². The first-order valence-corrected chi connectivity index (χ1v) is 7.65. The summed E-state index contributed by atoms with van der Waals surface area (Å²) in [7, 11) is 0. The lowest BCUT2D eigenvalue weighted by Crippen LogP contribution is -2.49. The molecule has 0 atom stereocenters. The maximum absolute atomic E-state index is 11.7. The predicted octanol–water partition coefficient (Wildman–Crippen LogP) is 2.56. The van der Waals surface area contributed by atoms with Crippen molar-refractivity contribution < 1.29 is 9.53 Å². The van der Waals surface area contributed by atoms with Crippen molar-refractivity contribution in [3.63, 3.8) is 0 Å². The predicted molar refractivity (Wildman–Crippen MR) is 85.4 cm³/mol. The van der Waals surface area contributed by atoms with Gasteiger partial charge in [-0.2, -0.15) is 4.98 Å². The Balaban J connectivity index is 1.81. The van der Waals surface area contributed by atoms with Gasteiger partial charge in [0.15, 0.2) is 0 Å². The molecule has 1 aliphatic rings. The summed E-state index contributed by atoms with van der Waals surface area (Å²) in [5, 5.41) is 1.21. The number of para-hydroxylation sites is 1. The second-order valence-electron chi connectivity index (χ2n) is 5.01. The highest BCUT2D eigenvalue weighted by Gasteiger charge is 2.24. The molecular weight excluding hydrogens is 304 g/mol. The number of aromatic nitrogens is 2. The Hall–Kier alpha value is -2.08. The molecule has 1 aliphatic heterocycles. The minimum absolute atomic E-state index is 0.238. The summed E-state index contributed by atoms with van der Waals surface area (Å²) in [6, 6.07) is 7.78. The number of anilines is 1. The van der Waals surface area contributed by atoms with Gasteiger partial charge in [-0.15, -0.1) is 0 Å². The molecule has 0 N–H and O–H groups in total. The lowest BCUT2D eigenvalue weighted by Gasteiger charge is -2.35. The van der Waals surface area contributed by atoms with Crippen molar-refractivity contribution in [3.8, 4) is 0 Å². The minimum Gasteiger partial charge on any atom is -0.450 e. The Morgan fingerprint density at radius 1 is 1.23 bits per heavy atom. The van der Waals surface area contributed by atoms with E-state index in [1.54, 1.807) is 4.90 Å². The monoisotopic (exact) mass is 320 g/mol. The fraction of sp³-hybridized carbons (Fsp3) is 0.400. The maximum Gasteiger partial charge on any atom is 0.409 e. The molecular formula is C15H17ClN4O2. The lowest BCUT2D eigenvalue weighted by molar-refractivity contribution is 0.105. The summed E-state index contributed by atoms with van der Waals surface area (Å²) < 4.78 is 5.03. The van der Waals surface area contributed by atoms with Gasteiger partial charge in [-0.1, -0.05) is 12.1 Å². The van der Waals surface area contributed by atoms with Crippen LogP contribution in [0.5, 0.6) is 0 Å². The van der Waals surface area contributed by atoms with E-state index in [1.165, 1.54) is 0 Å². The Morgan fingerprint density at radius 2 is 1.95 bits per heavy atom. The van der Waals surface area contributed by atoms with E-state index in [0.29, 0.717) is 32.8 Å². The zero-order valence-corrected chi connectivity index (χ0v) is 13.1. The third kappa shape index (κ3) is 2.92. The van der Waals surface area contributed by atoms with Crippen molar-refractivity contribution in [2.45, 2.75) is 6.92 Å². The molecule has 1 aromatic carbocycles. The number of nitrogens with zero attached hydrogens (tertiary/aromatic N) is 4. The van der Waals surface area contributed by atoms with Crippen molar-refractivity contribution in [3.05, 3.63) is 29.5 Å². The van der Waals surface area contributed by atoms with Crippen LogP contribution in [0.25, 0.3) is 10.9 Å². The molecule has 6 nitrogen and oxygen atoms in total. The van der Waals surface area contributed by atoms with Crippen molar-refractivity contribution in [1.82, 2.24) is 14.9 Å². The van der Waals surface area contributed by atoms with E-state index in [1.807, 2.05) is 31.2 Å². The Labute approximate surface area is 133 Å². The fourth-order valence-electron chi connectivity index (χ4n) is 2.59. The number of benzene rings is 1. The van der Waals surface area contributed by atoms with Gasteiger partial charge in [-0.25, -0.2) is 9.78 Å². The van der Waals surface area contributed by atoms with Crippen molar-refractivity contribution >= 4 is 34.4 Å². The molecule has 0 saturated carbocycles. The van der Waals surface area contributed by atoms with Gasteiger partial charge >= 0.3 is 6.09 Å². The van der Waals surface area contributed by atoms with Gasteiger partial charge in [0.25, 0.3) is 0 Å². The smallest absolute Gasteiger partial charge is 0.409 e. The number of carbonyl (C=O) groups excluding carboxylic acids is 1. The molecule has 1 aromatic heterocycles.